The summed E-state index contributed by atoms with van der Waals surface area (Å²) < 4.78 is 26.8. The molecule has 14 heavy (non-hydrogen) atoms. The lowest BCUT2D eigenvalue weighted by atomic mass is 9.89. The molecule has 74 valence electrons. The number of halogens is 2. The van der Waals surface area contributed by atoms with E-state index in [4.69, 9.17) is 5.73 Å². The number of benzene rings is 1. The van der Waals surface area contributed by atoms with Crippen molar-refractivity contribution in [3.8, 4) is 0 Å². The molecule has 1 aromatic rings. The average Bonchev–Trinajstić information content (AvgIpc) is 2.57. The largest absolute Gasteiger partial charge is 0.399 e. The van der Waals surface area contributed by atoms with Gasteiger partial charge < -0.3 is 5.73 Å². The highest BCUT2D eigenvalue weighted by molar-refractivity contribution is 5.52. The first-order chi connectivity index (χ1) is 6.58. The normalized spacial score (nSPS) is 31.9. The van der Waals surface area contributed by atoms with Gasteiger partial charge in [0, 0.05) is 18.0 Å². The van der Waals surface area contributed by atoms with Crippen molar-refractivity contribution in [3.05, 3.63) is 29.3 Å². The van der Waals surface area contributed by atoms with E-state index >= 15 is 0 Å². The molecule has 2 aliphatic rings. The fourth-order valence-corrected chi connectivity index (χ4v) is 2.87. The molecule has 2 unspecified atom stereocenters. The zero-order valence-electron chi connectivity index (χ0n) is 7.63. The Hall–Kier alpha value is -1.12. The SMILES string of the molecule is Nc1ccc2c(c1)C1CC2C(F)(F)C1. The minimum Gasteiger partial charge on any atom is -0.399 e. The van der Waals surface area contributed by atoms with Crippen molar-refractivity contribution >= 4 is 5.69 Å². The van der Waals surface area contributed by atoms with Gasteiger partial charge in [0.15, 0.2) is 0 Å². The Labute approximate surface area is 80.9 Å². The summed E-state index contributed by atoms with van der Waals surface area (Å²) in [6.45, 7) is 0. The summed E-state index contributed by atoms with van der Waals surface area (Å²) in [5.74, 6) is -3.01. The molecule has 2 N–H and O–H groups in total. The van der Waals surface area contributed by atoms with Crippen LogP contribution in [0.25, 0.3) is 0 Å². The summed E-state index contributed by atoms with van der Waals surface area (Å²) in [6, 6.07) is 5.34. The van der Waals surface area contributed by atoms with Crippen molar-refractivity contribution in [2.75, 3.05) is 5.73 Å². The number of anilines is 1. The van der Waals surface area contributed by atoms with E-state index in [1.807, 2.05) is 6.07 Å². The maximum Gasteiger partial charge on any atom is 0.255 e. The van der Waals surface area contributed by atoms with Crippen LogP contribution in [-0.2, 0) is 0 Å². The minimum atomic E-state index is -2.49. The third kappa shape index (κ3) is 0.873. The molecular weight excluding hydrogens is 184 g/mol. The van der Waals surface area contributed by atoms with Gasteiger partial charge in [0.1, 0.15) is 0 Å². The Morgan fingerprint density at radius 2 is 2.07 bits per heavy atom. The second-order valence-electron chi connectivity index (χ2n) is 4.34. The van der Waals surface area contributed by atoms with E-state index in [1.54, 1.807) is 12.1 Å². The van der Waals surface area contributed by atoms with Gasteiger partial charge in [-0.1, -0.05) is 6.07 Å². The van der Waals surface area contributed by atoms with Gasteiger partial charge in [0.2, 0.25) is 0 Å². The highest BCUT2D eigenvalue weighted by Crippen LogP contribution is 2.60. The highest BCUT2D eigenvalue weighted by Gasteiger charge is 2.55. The third-order valence-electron chi connectivity index (χ3n) is 3.47. The van der Waals surface area contributed by atoms with Crippen LogP contribution in [0.1, 0.15) is 35.8 Å². The van der Waals surface area contributed by atoms with Gasteiger partial charge >= 0.3 is 0 Å². The molecule has 0 amide bonds. The molecule has 0 radical (unpaired) electrons. The molecule has 1 fully saturated rings. The molecule has 1 aromatic carbocycles. The van der Waals surface area contributed by atoms with E-state index in [2.05, 4.69) is 0 Å². The molecule has 2 aliphatic carbocycles. The monoisotopic (exact) mass is 195 g/mol. The quantitative estimate of drug-likeness (QED) is 0.633. The van der Waals surface area contributed by atoms with Crippen molar-refractivity contribution in [2.45, 2.75) is 30.6 Å². The maximum atomic E-state index is 13.4. The van der Waals surface area contributed by atoms with Crippen LogP contribution in [0.5, 0.6) is 0 Å². The summed E-state index contributed by atoms with van der Waals surface area (Å²) in [5.41, 5.74) is 8.20. The van der Waals surface area contributed by atoms with Gasteiger partial charge in [-0.2, -0.15) is 0 Å². The Kier molecular flexibility index (Phi) is 1.33. The Morgan fingerprint density at radius 1 is 1.29 bits per heavy atom. The number of hydrogen-bond donors (Lipinski definition) is 1. The van der Waals surface area contributed by atoms with E-state index in [9.17, 15) is 8.78 Å². The lowest BCUT2D eigenvalue weighted by molar-refractivity contribution is -0.0138. The molecule has 0 aromatic heterocycles. The van der Waals surface area contributed by atoms with Crippen LogP contribution in [0.3, 0.4) is 0 Å². The summed E-state index contributed by atoms with van der Waals surface area (Å²) >= 11 is 0. The Morgan fingerprint density at radius 3 is 2.86 bits per heavy atom. The minimum absolute atomic E-state index is 0.00806. The standard InChI is InChI=1S/C11H11F2N/c12-11(13)5-6-3-10(11)8-2-1-7(14)4-9(6)8/h1-2,4,6,10H,3,5,14H2. The molecule has 1 nitrogen and oxygen atoms in total. The van der Waals surface area contributed by atoms with Crippen LogP contribution < -0.4 is 5.73 Å². The third-order valence-corrected chi connectivity index (χ3v) is 3.47. The van der Waals surface area contributed by atoms with Gasteiger partial charge in [-0.3, -0.25) is 0 Å². The fourth-order valence-electron chi connectivity index (χ4n) is 2.87. The first kappa shape index (κ1) is 8.21. The van der Waals surface area contributed by atoms with Crippen LogP contribution in [-0.4, -0.2) is 5.92 Å². The summed E-state index contributed by atoms with van der Waals surface area (Å²) in [4.78, 5) is 0. The average molecular weight is 195 g/mol. The van der Waals surface area contributed by atoms with Crippen LogP contribution >= 0.6 is 0 Å². The van der Waals surface area contributed by atoms with E-state index < -0.39 is 11.8 Å². The molecular formula is C11H11F2N. The second kappa shape index (κ2) is 2.27. The van der Waals surface area contributed by atoms with Crippen molar-refractivity contribution < 1.29 is 8.78 Å². The zero-order valence-corrected chi connectivity index (χ0v) is 7.63. The van der Waals surface area contributed by atoms with Crippen molar-refractivity contribution in [1.82, 2.24) is 0 Å². The van der Waals surface area contributed by atoms with Gasteiger partial charge in [0.05, 0.1) is 0 Å². The Balaban J connectivity index is 2.16. The van der Waals surface area contributed by atoms with Crippen molar-refractivity contribution in [3.63, 3.8) is 0 Å². The molecule has 0 aliphatic heterocycles. The van der Waals surface area contributed by atoms with Crippen LogP contribution in [0.2, 0.25) is 0 Å². The van der Waals surface area contributed by atoms with Gasteiger partial charge in [-0.05, 0) is 35.6 Å². The van der Waals surface area contributed by atoms with E-state index in [0.717, 1.165) is 11.1 Å². The molecule has 3 heteroatoms. The number of rotatable bonds is 0. The van der Waals surface area contributed by atoms with Crippen molar-refractivity contribution in [1.29, 1.82) is 0 Å². The molecule has 0 heterocycles. The van der Waals surface area contributed by atoms with Crippen molar-refractivity contribution in [2.24, 2.45) is 0 Å². The fraction of sp³-hybridized carbons (Fsp3) is 0.455. The predicted octanol–water partition coefficient (Wildman–Crippen LogP) is 2.88. The molecule has 0 saturated heterocycles. The van der Waals surface area contributed by atoms with Gasteiger partial charge in [-0.25, -0.2) is 8.78 Å². The van der Waals surface area contributed by atoms with Crippen LogP contribution in [0.4, 0.5) is 14.5 Å². The zero-order chi connectivity index (χ0) is 9.92. The number of fused-ring (bicyclic) bond motifs is 5. The molecule has 2 atom stereocenters. The number of hydrogen-bond acceptors (Lipinski definition) is 1. The molecule has 0 spiro atoms. The van der Waals surface area contributed by atoms with Crippen LogP contribution in [0.15, 0.2) is 18.2 Å². The lowest BCUT2D eigenvalue weighted by Crippen LogP contribution is -2.23. The van der Waals surface area contributed by atoms with Gasteiger partial charge in [-0.15, -0.1) is 0 Å². The highest BCUT2D eigenvalue weighted by atomic mass is 19.3. The van der Waals surface area contributed by atoms with E-state index in [1.165, 1.54) is 0 Å². The lowest BCUT2D eigenvalue weighted by Gasteiger charge is -2.24. The Bertz CT molecular complexity index is 400. The molecule has 3 rings (SSSR count). The van der Waals surface area contributed by atoms with Crippen LogP contribution in [0, 0.1) is 0 Å². The summed E-state index contributed by atoms with van der Waals surface area (Å²) in [7, 11) is 0. The summed E-state index contributed by atoms with van der Waals surface area (Å²) in [6.07, 6.45) is 0.611. The second-order valence-corrected chi connectivity index (χ2v) is 4.34. The predicted molar refractivity (Wildman–Crippen MR) is 50.5 cm³/mol. The smallest absolute Gasteiger partial charge is 0.255 e. The molecule has 2 bridgehead atoms. The van der Waals surface area contributed by atoms with E-state index in [0.29, 0.717) is 12.1 Å². The first-order valence-corrected chi connectivity index (χ1v) is 4.85. The molecule has 1 saturated carbocycles. The number of nitrogens with two attached hydrogens (primary N) is 1. The summed E-state index contributed by atoms with van der Waals surface area (Å²) in [5, 5.41) is 0. The number of nitrogen functional groups attached to an aromatic ring is 1. The van der Waals surface area contributed by atoms with Gasteiger partial charge in [0.25, 0.3) is 5.92 Å². The topological polar surface area (TPSA) is 26.0 Å². The first-order valence-electron chi connectivity index (χ1n) is 4.85. The number of alkyl halides is 2. The van der Waals surface area contributed by atoms with E-state index in [-0.39, 0.29) is 12.3 Å². The maximum absolute atomic E-state index is 13.4.